The first kappa shape index (κ1) is 20.3. The maximum absolute atomic E-state index is 12.8. The topological polar surface area (TPSA) is 97.4 Å². The van der Waals surface area contributed by atoms with E-state index in [1.54, 1.807) is 0 Å². The molecule has 4 rings (SSSR count). The van der Waals surface area contributed by atoms with Crippen LogP contribution in [0.4, 0.5) is 4.79 Å². The van der Waals surface area contributed by atoms with Crippen molar-refractivity contribution >= 4 is 28.8 Å². The van der Waals surface area contributed by atoms with Gasteiger partial charge in [-0.05, 0) is 49.7 Å². The van der Waals surface area contributed by atoms with Crippen LogP contribution in [0.2, 0.25) is 0 Å². The monoisotopic (exact) mass is 409 g/mol. The summed E-state index contributed by atoms with van der Waals surface area (Å²) in [7, 11) is 0. The molecule has 158 valence electrons. The quantitative estimate of drug-likeness (QED) is 0.756. The summed E-state index contributed by atoms with van der Waals surface area (Å²) in [5, 5.41) is 5.85. The van der Waals surface area contributed by atoms with E-state index >= 15 is 0 Å². The van der Waals surface area contributed by atoms with Gasteiger partial charge in [0.05, 0.1) is 11.1 Å². The number of imide groups is 1. The first-order chi connectivity index (χ1) is 14.5. The first-order valence-corrected chi connectivity index (χ1v) is 10.7. The molecule has 2 aliphatic rings. The molecule has 1 saturated carbocycles. The van der Waals surface area contributed by atoms with Crippen LogP contribution in [0.15, 0.2) is 24.3 Å². The lowest BCUT2D eigenvalue weighted by atomic mass is 9.86. The fraction of sp³-hybridized carbons (Fsp3) is 0.478. The number of esters is 1. The Bertz CT molecular complexity index is 988. The first-order valence-electron chi connectivity index (χ1n) is 10.7. The number of nitrogens with one attached hydrogen (secondary N) is 2. The van der Waals surface area contributed by atoms with Crippen LogP contribution in [-0.2, 0) is 22.4 Å². The predicted octanol–water partition coefficient (Wildman–Crippen LogP) is 3.28. The Morgan fingerprint density at radius 2 is 1.90 bits per heavy atom. The number of hydrogen-bond acceptors (Lipinski definition) is 5. The lowest BCUT2D eigenvalue weighted by Gasteiger charge is -2.29. The predicted molar refractivity (Wildman–Crippen MR) is 112 cm³/mol. The number of para-hydroxylation sites is 1. The van der Waals surface area contributed by atoms with Gasteiger partial charge < -0.3 is 10.1 Å². The third-order valence-electron chi connectivity index (χ3n) is 6.14. The summed E-state index contributed by atoms with van der Waals surface area (Å²) in [6, 6.07) is 6.98. The van der Waals surface area contributed by atoms with E-state index < -0.39 is 24.5 Å². The van der Waals surface area contributed by atoms with Crippen molar-refractivity contribution < 1.29 is 19.1 Å². The van der Waals surface area contributed by atoms with E-state index in [-0.39, 0.29) is 6.04 Å². The number of carbonyl (C=O) groups is 3. The van der Waals surface area contributed by atoms with Crippen molar-refractivity contribution in [2.24, 2.45) is 5.92 Å². The summed E-state index contributed by atoms with van der Waals surface area (Å²) in [5.41, 5.74) is 3.06. The molecule has 0 radical (unpaired) electrons. The number of hydrogen-bond donors (Lipinski definition) is 2. The van der Waals surface area contributed by atoms with Crippen LogP contribution in [0.25, 0.3) is 10.9 Å². The minimum atomic E-state index is -0.640. The third-order valence-corrected chi connectivity index (χ3v) is 6.14. The van der Waals surface area contributed by atoms with E-state index in [9.17, 15) is 14.4 Å². The van der Waals surface area contributed by atoms with E-state index in [0.717, 1.165) is 60.7 Å². The Morgan fingerprint density at radius 1 is 1.10 bits per heavy atom. The van der Waals surface area contributed by atoms with Gasteiger partial charge in [0.1, 0.15) is 0 Å². The maximum atomic E-state index is 12.8. The van der Waals surface area contributed by atoms with E-state index in [1.165, 1.54) is 6.42 Å². The summed E-state index contributed by atoms with van der Waals surface area (Å²) in [6.45, 7) is 1.60. The number of aromatic nitrogens is 1. The van der Waals surface area contributed by atoms with Crippen LogP contribution in [-0.4, -0.2) is 35.5 Å². The largest absolute Gasteiger partial charge is 0.452 e. The van der Waals surface area contributed by atoms with Gasteiger partial charge in [-0.3, -0.25) is 15.1 Å². The molecule has 2 atom stereocenters. The van der Waals surface area contributed by atoms with Crippen molar-refractivity contribution in [3.05, 3.63) is 41.1 Å². The van der Waals surface area contributed by atoms with E-state index in [2.05, 4.69) is 22.5 Å². The van der Waals surface area contributed by atoms with E-state index in [0.29, 0.717) is 11.5 Å². The number of pyridine rings is 1. The molecule has 2 aliphatic carbocycles. The fourth-order valence-electron chi connectivity index (χ4n) is 4.55. The van der Waals surface area contributed by atoms with Gasteiger partial charge in [0, 0.05) is 17.1 Å². The molecule has 1 fully saturated rings. The number of carbonyl (C=O) groups excluding carboxylic acids is 3. The molecule has 7 nitrogen and oxygen atoms in total. The highest BCUT2D eigenvalue weighted by molar-refractivity contribution is 6.06. The van der Waals surface area contributed by atoms with Crippen LogP contribution in [0.1, 0.15) is 60.6 Å². The van der Waals surface area contributed by atoms with Crippen molar-refractivity contribution in [3.63, 3.8) is 0 Å². The number of amides is 3. The van der Waals surface area contributed by atoms with Crippen LogP contribution < -0.4 is 10.6 Å². The Hall–Kier alpha value is -2.96. The minimum absolute atomic E-state index is 0.0693. The normalized spacial score (nSPS) is 20.4. The molecule has 0 aliphatic heterocycles. The van der Waals surface area contributed by atoms with Crippen molar-refractivity contribution in [2.75, 3.05) is 6.61 Å². The highest BCUT2D eigenvalue weighted by Gasteiger charge is 2.26. The number of urea groups is 1. The Kier molecular flexibility index (Phi) is 5.97. The molecule has 30 heavy (non-hydrogen) atoms. The summed E-state index contributed by atoms with van der Waals surface area (Å²) >= 11 is 0. The molecule has 2 aromatic rings. The zero-order chi connectivity index (χ0) is 21.1. The van der Waals surface area contributed by atoms with Gasteiger partial charge in [-0.1, -0.05) is 38.0 Å². The second-order valence-corrected chi connectivity index (χ2v) is 8.25. The second-order valence-electron chi connectivity index (χ2n) is 8.25. The molecule has 2 N–H and O–H groups in total. The van der Waals surface area contributed by atoms with Gasteiger partial charge in [0.15, 0.2) is 6.61 Å². The molecule has 7 heteroatoms. The Morgan fingerprint density at radius 3 is 2.73 bits per heavy atom. The van der Waals surface area contributed by atoms with Gasteiger partial charge in [0.25, 0.3) is 5.91 Å². The van der Waals surface area contributed by atoms with Gasteiger partial charge >= 0.3 is 12.0 Å². The lowest BCUT2D eigenvalue weighted by Crippen LogP contribution is -2.48. The van der Waals surface area contributed by atoms with Crippen LogP contribution in [0.5, 0.6) is 0 Å². The molecule has 1 heterocycles. The fourth-order valence-corrected chi connectivity index (χ4v) is 4.55. The van der Waals surface area contributed by atoms with E-state index in [1.807, 2.05) is 24.3 Å². The number of fused-ring (bicyclic) bond motifs is 2. The maximum Gasteiger partial charge on any atom is 0.339 e. The SMILES string of the molecule is C[C@@H]1CCCC[C@@H]1NC(=O)NC(=O)COC(=O)c1c2c(nc3ccccc13)CCC2. The third kappa shape index (κ3) is 4.30. The highest BCUT2D eigenvalue weighted by Crippen LogP contribution is 2.30. The number of ether oxygens (including phenoxy) is 1. The number of benzene rings is 1. The summed E-state index contributed by atoms with van der Waals surface area (Å²) in [6.07, 6.45) is 6.78. The van der Waals surface area contributed by atoms with Gasteiger partial charge in [-0.2, -0.15) is 0 Å². The second kappa shape index (κ2) is 8.81. The Labute approximate surface area is 175 Å². The molecule has 1 aromatic carbocycles. The minimum Gasteiger partial charge on any atom is -0.452 e. The van der Waals surface area contributed by atoms with Gasteiger partial charge in [-0.15, -0.1) is 0 Å². The molecular formula is C23H27N3O4. The average molecular weight is 409 g/mol. The summed E-state index contributed by atoms with van der Waals surface area (Å²) in [4.78, 5) is 41.8. The van der Waals surface area contributed by atoms with Gasteiger partial charge in [-0.25, -0.2) is 9.59 Å². The van der Waals surface area contributed by atoms with E-state index in [4.69, 9.17) is 4.74 Å². The van der Waals surface area contributed by atoms with Crippen LogP contribution in [0.3, 0.4) is 0 Å². The number of rotatable bonds is 4. The van der Waals surface area contributed by atoms with Crippen molar-refractivity contribution in [1.82, 2.24) is 15.6 Å². The van der Waals surface area contributed by atoms with Crippen molar-refractivity contribution in [1.29, 1.82) is 0 Å². The molecule has 3 amide bonds. The van der Waals surface area contributed by atoms with Crippen molar-refractivity contribution in [3.8, 4) is 0 Å². The lowest BCUT2D eigenvalue weighted by molar-refractivity contribution is -0.123. The van der Waals surface area contributed by atoms with Crippen molar-refractivity contribution in [2.45, 2.75) is 57.9 Å². The molecule has 1 aromatic heterocycles. The van der Waals surface area contributed by atoms with Crippen LogP contribution in [0, 0.1) is 5.92 Å². The molecule has 0 spiro atoms. The highest BCUT2D eigenvalue weighted by atomic mass is 16.5. The summed E-state index contributed by atoms with van der Waals surface area (Å²) in [5.74, 6) is -0.804. The standard InChI is InChI=1S/C23H27N3O4/c1-14-7-2-4-10-17(14)25-23(29)26-20(27)13-30-22(28)21-15-8-3-5-11-18(15)24-19-12-6-9-16(19)21/h3,5,8,11,14,17H,2,4,6-7,9-10,12-13H2,1H3,(H2,25,26,27,29)/t14-,17+/m1/s1. The zero-order valence-electron chi connectivity index (χ0n) is 17.2. The molecular weight excluding hydrogens is 382 g/mol. The summed E-state index contributed by atoms with van der Waals surface area (Å²) < 4.78 is 5.28. The Balaban J connectivity index is 1.38. The molecule has 0 saturated heterocycles. The number of nitrogens with zero attached hydrogens (tertiary/aromatic N) is 1. The molecule has 0 bridgehead atoms. The van der Waals surface area contributed by atoms with Crippen LogP contribution >= 0.6 is 0 Å². The van der Waals surface area contributed by atoms with Gasteiger partial charge in [0.2, 0.25) is 0 Å². The molecule has 0 unspecified atom stereocenters. The number of aryl methyl sites for hydroxylation is 1. The smallest absolute Gasteiger partial charge is 0.339 e. The average Bonchev–Trinajstić information content (AvgIpc) is 3.19. The zero-order valence-corrected chi connectivity index (χ0v) is 17.2.